The Hall–Kier alpha value is -3.01. The molecule has 4 aromatic rings. The number of benzene rings is 1. The predicted molar refractivity (Wildman–Crippen MR) is 115 cm³/mol. The van der Waals surface area contributed by atoms with Crippen molar-refractivity contribution >= 4 is 45.9 Å². The lowest BCUT2D eigenvalue weighted by atomic mass is 10.2. The predicted octanol–water partition coefficient (Wildman–Crippen LogP) is 3.95. The molecule has 0 saturated carbocycles. The number of nitrogens with two attached hydrogens (primary N) is 2. The molecule has 0 unspecified atom stereocenters. The zero-order chi connectivity index (χ0) is 19.8. The van der Waals surface area contributed by atoms with Crippen LogP contribution in [0.15, 0.2) is 47.3 Å². The van der Waals surface area contributed by atoms with Crippen molar-refractivity contribution in [2.24, 2.45) is 11.5 Å². The third-order valence-corrected chi connectivity index (χ3v) is 6.09. The number of rotatable bonds is 5. The largest absolute Gasteiger partial charge is 0.383 e. The first-order valence-corrected chi connectivity index (χ1v) is 10.2. The molecule has 6 N–H and O–H groups in total. The fourth-order valence-electron chi connectivity index (χ4n) is 2.69. The molecule has 0 amide bonds. The van der Waals surface area contributed by atoms with Crippen molar-refractivity contribution in [3.8, 4) is 27.5 Å². The van der Waals surface area contributed by atoms with Gasteiger partial charge in [0.2, 0.25) is 0 Å². The van der Waals surface area contributed by atoms with Crippen molar-refractivity contribution in [3.05, 3.63) is 62.9 Å². The van der Waals surface area contributed by atoms with Crippen molar-refractivity contribution in [2.75, 3.05) is 0 Å². The van der Waals surface area contributed by atoms with Crippen LogP contribution in [0.1, 0.15) is 10.6 Å². The van der Waals surface area contributed by atoms with E-state index in [1.807, 2.05) is 29.0 Å². The van der Waals surface area contributed by atoms with Crippen molar-refractivity contribution in [2.45, 2.75) is 0 Å². The second-order valence-electron chi connectivity index (χ2n) is 5.86. The topological polar surface area (TPSA) is 130 Å². The third-order valence-electron chi connectivity index (χ3n) is 3.99. The van der Waals surface area contributed by atoms with Crippen LogP contribution in [0, 0.1) is 10.8 Å². The van der Waals surface area contributed by atoms with Gasteiger partial charge in [0.25, 0.3) is 0 Å². The zero-order valence-corrected chi connectivity index (χ0v) is 16.7. The van der Waals surface area contributed by atoms with Crippen LogP contribution in [-0.2, 0) is 0 Å². The van der Waals surface area contributed by atoms with Crippen LogP contribution in [-0.4, -0.2) is 26.4 Å². The minimum absolute atomic E-state index is 0.0381. The fourth-order valence-corrected chi connectivity index (χ4v) is 4.46. The van der Waals surface area contributed by atoms with Crippen LogP contribution in [0.25, 0.3) is 27.5 Å². The summed E-state index contributed by atoms with van der Waals surface area (Å²) in [7, 11) is 0. The molecule has 0 spiro atoms. The average molecular weight is 428 g/mol. The molecule has 0 saturated heterocycles. The number of nitrogens with one attached hydrogen (secondary N) is 2. The van der Waals surface area contributed by atoms with Gasteiger partial charge in [-0.05, 0) is 30.3 Å². The fraction of sp³-hybridized carbons (Fsp3) is 0. The lowest BCUT2D eigenvalue weighted by Gasteiger charge is -2.07. The minimum Gasteiger partial charge on any atom is -0.383 e. The molecule has 10 heteroatoms. The van der Waals surface area contributed by atoms with Gasteiger partial charge in [-0.25, -0.2) is 9.67 Å². The van der Waals surface area contributed by atoms with Crippen molar-refractivity contribution in [3.63, 3.8) is 0 Å². The molecule has 1 aromatic carbocycles. The minimum atomic E-state index is -0.105. The Morgan fingerprint density at radius 1 is 1.04 bits per heavy atom. The Morgan fingerprint density at radius 2 is 1.79 bits per heavy atom. The summed E-state index contributed by atoms with van der Waals surface area (Å²) in [6.45, 7) is 0. The number of hydrogen-bond acceptors (Lipinski definition) is 6. The van der Waals surface area contributed by atoms with E-state index >= 15 is 0 Å². The number of hydrogen-bond donors (Lipinski definition) is 4. The standard InChI is InChI=1S/C18H14ClN7S2/c19-10-1-3-11(4-2-10)26-15(17(22)23)12(6-24-26)13-8-28-18(25-13)9-5-14(16(20)21)27-7-9/h1-8H,(H3,20,21)(H3,22,23). The van der Waals surface area contributed by atoms with Crippen LogP contribution >= 0.6 is 34.3 Å². The molecule has 3 aromatic heterocycles. The maximum absolute atomic E-state index is 8.03. The number of thiophene rings is 1. The van der Waals surface area contributed by atoms with E-state index in [-0.39, 0.29) is 11.7 Å². The molecule has 28 heavy (non-hydrogen) atoms. The molecular formula is C18H14ClN7S2. The molecule has 0 aliphatic carbocycles. The van der Waals surface area contributed by atoms with Gasteiger partial charge in [-0.15, -0.1) is 22.7 Å². The summed E-state index contributed by atoms with van der Waals surface area (Å²) in [4.78, 5) is 5.38. The number of amidine groups is 2. The van der Waals surface area contributed by atoms with E-state index in [2.05, 4.69) is 10.1 Å². The monoisotopic (exact) mass is 427 g/mol. The summed E-state index contributed by atoms with van der Waals surface area (Å²) in [5.74, 6) is -0.0671. The number of nitrogens with zero attached hydrogens (tertiary/aromatic N) is 3. The van der Waals surface area contributed by atoms with Gasteiger partial charge in [0.15, 0.2) is 0 Å². The maximum Gasteiger partial charge on any atom is 0.142 e. The molecule has 140 valence electrons. The van der Waals surface area contributed by atoms with E-state index in [0.29, 0.717) is 26.9 Å². The summed E-state index contributed by atoms with van der Waals surface area (Å²) in [5, 5.41) is 25.2. The first-order chi connectivity index (χ1) is 13.4. The highest BCUT2D eigenvalue weighted by Crippen LogP contribution is 2.33. The van der Waals surface area contributed by atoms with Gasteiger partial charge < -0.3 is 11.5 Å². The molecule has 0 aliphatic rings. The molecule has 3 heterocycles. The molecule has 0 fully saturated rings. The van der Waals surface area contributed by atoms with Crippen molar-refractivity contribution in [1.82, 2.24) is 14.8 Å². The number of nitrogen functional groups attached to an aromatic ring is 2. The zero-order valence-electron chi connectivity index (χ0n) is 14.3. The first kappa shape index (κ1) is 18.4. The van der Waals surface area contributed by atoms with Crippen LogP contribution < -0.4 is 11.5 Å². The SMILES string of the molecule is N=C(N)c1cc(-c2nc(-c3cnn(-c4ccc(Cl)cc4)c3C(=N)N)cs2)cs1. The van der Waals surface area contributed by atoms with Gasteiger partial charge in [-0.1, -0.05) is 11.6 Å². The van der Waals surface area contributed by atoms with Crippen LogP contribution in [0.5, 0.6) is 0 Å². The molecule has 4 rings (SSSR count). The Labute approximate surface area is 173 Å². The van der Waals surface area contributed by atoms with E-state index in [9.17, 15) is 0 Å². The highest BCUT2D eigenvalue weighted by molar-refractivity contribution is 7.15. The smallest absolute Gasteiger partial charge is 0.142 e. The number of aromatic nitrogens is 3. The average Bonchev–Trinajstić information content (AvgIpc) is 3.39. The Balaban J connectivity index is 1.75. The van der Waals surface area contributed by atoms with Crippen molar-refractivity contribution in [1.29, 1.82) is 10.8 Å². The Bertz CT molecular complexity index is 1190. The van der Waals surface area contributed by atoms with Crippen molar-refractivity contribution < 1.29 is 0 Å². The summed E-state index contributed by atoms with van der Waals surface area (Å²) < 4.78 is 1.60. The summed E-state index contributed by atoms with van der Waals surface area (Å²) in [6.07, 6.45) is 1.65. The third kappa shape index (κ3) is 3.31. The van der Waals surface area contributed by atoms with E-state index in [1.165, 1.54) is 22.7 Å². The van der Waals surface area contributed by atoms with Gasteiger partial charge in [0, 0.05) is 21.3 Å². The molecule has 0 atom stereocenters. The number of halogens is 1. The summed E-state index contributed by atoms with van der Waals surface area (Å²) in [5.41, 5.74) is 14.9. The Morgan fingerprint density at radius 3 is 2.43 bits per heavy atom. The van der Waals surface area contributed by atoms with Gasteiger partial charge in [0.1, 0.15) is 22.4 Å². The molecule has 0 radical (unpaired) electrons. The van der Waals surface area contributed by atoms with Gasteiger partial charge in [0.05, 0.1) is 28.0 Å². The lowest BCUT2D eigenvalue weighted by molar-refractivity contribution is 0.868. The normalized spacial score (nSPS) is 10.9. The molecule has 0 bridgehead atoms. The molecular weight excluding hydrogens is 414 g/mol. The van der Waals surface area contributed by atoms with Crippen LogP contribution in [0.4, 0.5) is 0 Å². The van der Waals surface area contributed by atoms with E-state index in [4.69, 9.17) is 33.9 Å². The van der Waals surface area contributed by atoms with Crippen LogP contribution in [0.3, 0.4) is 0 Å². The molecule has 7 nitrogen and oxygen atoms in total. The summed E-state index contributed by atoms with van der Waals surface area (Å²) >= 11 is 8.83. The van der Waals surface area contributed by atoms with Gasteiger partial charge >= 0.3 is 0 Å². The second kappa shape index (κ2) is 7.19. The van der Waals surface area contributed by atoms with Gasteiger partial charge in [-0.2, -0.15) is 5.10 Å². The Kier molecular flexibility index (Phi) is 4.71. The summed E-state index contributed by atoms with van der Waals surface area (Å²) in [6, 6.07) is 8.98. The second-order valence-corrected chi connectivity index (χ2v) is 8.07. The van der Waals surface area contributed by atoms with Gasteiger partial charge in [-0.3, -0.25) is 10.8 Å². The highest BCUT2D eigenvalue weighted by Gasteiger charge is 2.19. The first-order valence-electron chi connectivity index (χ1n) is 8.01. The van der Waals surface area contributed by atoms with E-state index in [1.54, 1.807) is 23.0 Å². The van der Waals surface area contributed by atoms with E-state index < -0.39 is 0 Å². The quantitative estimate of drug-likeness (QED) is 0.283. The maximum atomic E-state index is 8.03. The lowest BCUT2D eigenvalue weighted by Crippen LogP contribution is -2.17. The van der Waals surface area contributed by atoms with E-state index in [0.717, 1.165) is 16.3 Å². The number of thiazole rings is 1. The molecule has 0 aliphatic heterocycles. The van der Waals surface area contributed by atoms with Crippen LogP contribution in [0.2, 0.25) is 5.02 Å². The highest BCUT2D eigenvalue weighted by atomic mass is 35.5.